The number of amides is 1. The molecule has 88 valence electrons. The highest BCUT2D eigenvalue weighted by molar-refractivity contribution is 7.98. The number of rotatable bonds is 7. The Morgan fingerprint density at radius 1 is 1.40 bits per heavy atom. The Balaban J connectivity index is 3.95. The summed E-state index contributed by atoms with van der Waals surface area (Å²) < 4.78 is 0. The number of carboxylic acid groups (broad SMARTS) is 1. The van der Waals surface area contributed by atoms with Crippen molar-refractivity contribution in [3.05, 3.63) is 0 Å². The van der Waals surface area contributed by atoms with E-state index in [2.05, 4.69) is 5.32 Å². The van der Waals surface area contributed by atoms with E-state index in [0.717, 1.165) is 12.2 Å². The van der Waals surface area contributed by atoms with Crippen LogP contribution in [0.5, 0.6) is 0 Å². The Morgan fingerprint density at radius 2 is 2.00 bits per heavy atom. The van der Waals surface area contributed by atoms with E-state index in [1.165, 1.54) is 0 Å². The lowest BCUT2D eigenvalue weighted by atomic mass is 10.0. The molecule has 5 heteroatoms. The molecule has 4 nitrogen and oxygen atoms in total. The minimum atomic E-state index is -0.969. The highest BCUT2D eigenvalue weighted by Crippen LogP contribution is 2.04. The highest BCUT2D eigenvalue weighted by Gasteiger charge is 2.22. The number of carbonyl (C=O) groups excluding carboxylic acids is 1. The number of hydrogen-bond donors (Lipinski definition) is 2. The van der Waals surface area contributed by atoms with Crippen molar-refractivity contribution in [2.24, 2.45) is 5.92 Å². The molecule has 0 aliphatic rings. The fourth-order valence-electron chi connectivity index (χ4n) is 1.14. The van der Waals surface area contributed by atoms with Gasteiger partial charge in [-0.25, -0.2) is 4.79 Å². The van der Waals surface area contributed by atoms with Crippen LogP contribution >= 0.6 is 11.8 Å². The third-order valence-corrected chi connectivity index (χ3v) is 2.70. The predicted octanol–water partition coefficient (Wildman–Crippen LogP) is 1.35. The minimum Gasteiger partial charge on any atom is -0.480 e. The van der Waals surface area contributed by atoms with E-state index in [9.17, 15) is 9.59 Å². The first-order chi connectivity index (χ1) is 6.99. The topological polar surface area (TPSA) is 66.4 Å². The molecular weight excluding hydrogens is 214 g/mol. The van der Waals surface area contributed by atoms with Crippen molar-refractivity contribution >= 4 is 23.6 Å². The maximum absolute atomic E-state index is 11.4. The number of thioether (sulfide) groups is 1. The van der Waals surface area contributed by atoms with Crippen molar-refractivity contribution in [3.63, 3.8) is 0 Å². The molecule has 0 aromatic heterocycles. The van der Waals surface area contributed by atoms with Gasteiger partial charge in [0.25, 0.3) is 0 Å². The summed E-state index contributed by atoms with van der Waals surface area (Å²) in [5, 5.41) is 11.4. The minimum absolute atomic E-state index is 0.0907. The fraction of sp³-hybridized carbons (Fsp3) is 0.800. The second-order valence-electron chi connectivity index (χ2n) is 3.72. The van der Waals surface area contributed by atoms with Crippen LogP contribution in [0.15, 0.2) is 0 Å². The lowest BCUT2D eigenvalue weighted by Crippen LogP contribution is -2.44. The Hall–Kier alpha value is -0.710. The smallest absolute Gasteiger partial charge is 0.326 e. The van der Waals surface area contributed by atoms with Crippen LogP contribution < -0.4 is 5.32 Å². The molecule has 1 amide bonds. The Bertz CT molecular complexity index is 219. The van der Waals surface area contributed by atoms with Crippen LogP contribution in [0.1, 0.15) is 26.7 Å². The zero-order valence-electron chi connectivity index (χ0n) is 9.45. The maximum atomic E-state index is 11.4. The maximum Gasteiger partial charge on any atom is 0.326 e. The van der Waals surface area contributed by atoms with Crippen molar-refractivity contribution in [1.29, 1.82) is 0 Å². The summed E-state index contributed by atoms with van der Waals surface area (Å²) in [6, 6.07) is -0.772. The van der Waals surface area contributed by atoms with Crippen molar-refractivity contribution in [2.75, 3.05) is 12.0 Å². The molecule has 0 rings (SSSR count). The van der Waals surface area contributed by atoms with Gasteiger partial charge >= 0.3 is 5.97 Å². The van der Waals surface area contributed by atoms with E-state index >= 15 is 0 Å². The summed E-state index contributed by atoms with van der Waals surface area (Å²) >= 11 is 1.68. The van der Waals surface area contributed by atoms with E-state index in [1.54, 1.807) is 25.6 Å². The normalized spacial score (nSPS) is 12.5. The van der Waals surface area contributed by atoms with Gasteiger partial charge in [0, 0.05) is 6.42 Å². The number of hydrogen-bond acceptors (Lipinski definition) is 3. The summed E-state index contributed by atoms with van der Waals surface area (Å²) in [5.74, 6) is -0.312. The summed E-state index contributed by atoms with van der Waals surface area (Å²) in [5.41, 5.74) is 0. The first-order valence-electron chi connectivity index (χ1n) is 5.00. The van der Waals surface area contributed by atoms with Crippen LogP contribution in [0.2, 0.25) is 0 Å². The van der Waals surface area contributed by atoms with Crippen LogP contribution in [0.4, 0.5) is 0 Å². The fourth-order valence-corrected chi connectivity index (χ4v) is 1.57. The van der Waals surface area contributed by atoms with Gasteiger partial charge in [-0.15, -0.1) is 0 Å². The van der Waals surface area contributed by atoms with E-state index in [1.807, 2.05) is 6.26 Å². The Morgan fingerprint density at radius 3 is 2.40 bits per heavy atom. The molecular formula is C10H19NO3S. The van der Waals surface area contributed by atoms with Crippen molar-refractivity contribution in [2.45, 2.75) is 32.7 Å². The Kier molecular flexibility index (Phi) is 7.21. The van der Waals surface area contributed by atoms with Gasteiger partial charge in [-0.3, -0.25) is 4.79 Å². The molecule has 0 fully saturated rings. The first-order valence-corrected chi connectivity index (χ1v) is 6.39. The molecule has 0 aromatic carbocycles. The molecule has 0 aliphatic heterocycles. The monoisotopic (exact) mass is 233 g/mol. The van der Waals surface area contributed by atoms with Crippen molar-refractivity contribution < 1.29 is 14.7 Å². The van der Waals surface area contributed by atoms with Crippen LogP contribution in [0.3, 0.4) is 0 Å². The van der Waals surface area contributed by atoms with Crippen LogP contribution in [-0.4, -0.2) is 35.0 Å². The molecule has 15 heavy (non-hydrogen) atoms. The first kappa shape index (κ1) is 14.3. The van der Waals surface area contributed by atoms with Gasteiger partial charge in [0.1, 0.15) is 6.04 Å². The number of aliphatic carboxylic acids is 1. The summed E-state index contributed by atoms with van der Waals surface area (Å²) in [4.78, 5) is 22.1. The second kappa shape index (κ2) is 7.56. The molecule has 0 spiro atoms. The van der Waals surface area contributed by atoms with Gasteiger partial charge in [-0.1, -0.05) is 13.8 Å². The van der Waals surface area contributed by atoms with Gasteiger partial charge in [-0.05, 0) is 24.3 Å². The number of nitrogens with one attached hydrogen (secondary N) is 1. The summed E-state index contributed by atoms with van der Waals surface area (Å²) in [6.45, 7) is 3.56. The summed E-state index contributed by atoms with van der Waals surface area (Å²) in [7, 11) is 0. The third-order valence-electron chi connectivity index (χ3n) is 2.00. The molecule has 0 heterocycles. The van der Waals surface area contributed by atoms with Gasteiger partial charge in [0.15, 0.2) is 0 Å². The zero-order valence-corrected chi connectivity index (χ0v) is 10.3. The lowest BCUT2D eigenvalue weighted by molar-refractivity contribution is -0.143. The molecule has 0 radical (unpaired) electrons. The molecule has 0 aromatic rings. The Labute approximate surface area is 94.8 Å². The van der Waals surface area contributed by atoms with Crippen LogP contribution in [-0.2, 0) is 9.59 Å². The van der Waals surface area contributed by atoms with Crippen LogP contribution in [0, 0.1) is 5.92 Å². The molecule has 0 saturated carbocycles. The van der Waals surface area contributed by atoms with E-state index in [0.29, 0.717) is 6.42 Å². The van der Waals surface area contributed by atoms with Gasteiger partial charge in [-0.2, -0.15) is 11.8 Å². The van der Waals surface area contributed by atoms with Crippen molar-refractivity contribution in [1.82, 2.24) is 5.32 Å². The van der Waals surface area contributed by atoms with Gasteiger partial charge in [0.2, 0.25) is 5.91 Å². The predicted molar refractivity (Wildman–Crippen MR) is 62.0 cm³/mol. The average molecular weight is 233 g/mol. The molecule has 0 bridgehead atoms. The zero-order chi connectivity index (χ0) is 11.8. The number of carbonyl (C=O) groups is 2. The van der Waals surface area contributed by atoms with Crippen molar-refractivity contribution in [3.8, 4) is 0 Å². The summed E-state index contributed by atoms with van der Waals surface area (Å²) in [6.07, 6.45) is 3.17. The molecule has 2 N–H and O–H groups in total. The molecule has 0 saturated heterocycles. The van der Waals surface area contributed by atoms with E-state index in [-0.39, 0.29) is 11.8 Å². The van der Waals surface area contributed by atoms with Gasteiger partial charge in [0.05, 0.1) is 0 Å². The standard InChI is InChI=1S/C10H19NO3S/c1-7(2)9(10(13)14)11-8(12)5-4-6-15-3/h7,9H,4-6H2,1-3H3,(H,11,12)(H,13,14)/t9-/m1/s1. The molecule has 1 atom stereocenters. The second-order valence-corrected chi connectivity index (χ2v) is 4.71. The SMILES string of the molecule is CSCCCC(=O)N[C@@H](C(=O)O)C(C)C. The highest BCUT2D eigenvalue weighted by atomic mass is 32.2. The van der Waals surface area contributed by atoms with Gasteiger partial charge < -0.3 is 10.4 Å². The molecule has 0 unspecified atom stereocenters. The number of carboxylic acids is 1. The van der Waals surface area contributed by atoms with E-state index < -0.39 is 12.0 Å². The average Bonchev–Trinajstić information content (AvgIpc) is 2.13. The van der Waals surface area contributed by atoms with Crippen LogP contribution in [0.25, 0.3) is 0 Å². The lowest BCUT2D eigenvalue weighted by Gasteiger charge is -2.17. The third kappa shape index (κ3) is 6.38. The quantitative estimate of drug-likeness (QED) is 0.651. The largest absolute Gasteiger partial charge is 0.480 e. The molecule has 0 aliphatic carbocycles. The van der Waals surface area contributed by atoms with E-state index in [4.69, 9.17) is 5.11 Å².